The van der Waals surface area contributed by atoms with Gasteiger partial charge in [-0.1, -0.05) is 35.9 Å². The fourth-order valence-corrected chi connectivity index (χ4v) is 3.26. The summed E-state index contributed by atoms with van der Waals surface area (Å²) in [4.78, 5) is 16.7. The lowest BCUT2D eigenvalue weighted by Crippen LogP contribution is -2.19. The molecule has 0 aliphatic carbocycles. The Balaban J connectivity index is 1.72. The van der Waals surface area contributed by atoms with Gasteiger partial charge in [0.15, 0.2) is 5.13 Å². The molecule has 3 aromatic rings. The quantitative estimate of drug-likeness (QED) is 0.687. The molecule has 1 aromatic heterocycles. The van der Waals surface area contributed by atoms with Gasteiger partial charge < -0.3 is 10.1 Å². The van der Waals surface area contributed by atoms with Gasteiger partial charge in [-0.25, -0.2) is 9.78 Å². The second kappa shape index (κ2) is 7.36. The first-order valence-corrected chi connectivity index (χ1v) is 8.69. The summed E-state index contributed by atoms with van der Waals surface area (Å²) in [6.45, 7) is 4.12. The molecule has 1 heterocycles. The Morgan fingerprint density at radius 3 is 2.68 bits per heavy atom. The number of hydrogen-bond acceptors (Lipinski definition) is 4. The minimum Gasteiger partial charge on any atom is -0.495 e. The number of nitrogens with one attached hydrogen (secondary N) is 2. The van der Waals surface area contributed by atoms with E-state index in [1.54, 1.807) is 19.2 Å². The Morgan fingerprint density at radius 2 is 1.92 bits per heavy atom. The zero-order valence-electron chi connectivity index (χ0n) is 14.3. The Labute approximate surface area is 150 Å². The molecule has 0 radical (unpaired) electrons. The first kappa shape index (κ1) is 17.0. The Bertz CT molecular complexity index is 905. The van der Waals surface area contributed by atoms with Crippen LogP contribution in [0, 0.1) is 13.8 Å². The molecule has 3 rings (SSSR count). The fraction of sp³-hybridized carbons (Fsp3) is 0.158. The van der Waals surface area contributed by atoms with E-state index in [1.165, 1.54) is 16.9 Å². The number of carbonyl (C=O) groups is 1. The Morgan fingerprint density at radius 1 is 1.12 bits per heavy atom. The largest absolute Gasteiger partial charge is 0.495 e. The van der Waals surface area contributed by atoms with Gasteiger partial charge in [-0.2, -0.15) is 0 Å². The highest BCUT2D eigenvalue weighted by Crippen LogP contribution is 2.28. The smallest absolute Gasteiger partial charge is 0.325 e. The third kappa shape index (κ3) is 3.97. The van der Waals surface area contributed by atoms with E-state index in [4.69, 9.17) is 4.74 Å². The maximum Gasteiger partial charge on any atom is 0.325 e. The minimum absolute atomic E-state index is 0.356. The highest BCUT2D eigenvalue weighted by atomic mass is 32.1. The van der Waals surface area contributed by atoms with E-state index >= 15 is 0 Å². The summed E-state index contributed by atoms with van der Waals surface area (Å²) in [5.41, 5.74) is 4.91. The maximum atomic E-state index is 12.2. The predicted octanol–water partition coefficient (Wildman–Crippen LogP) is 5.08. The van der Waals surface area contributed by atoms with Crippen LogP contribution >= 0.6 is 11.3 Å². The fourth-order valence-electron chi connectivity index (χ4n) is 2.55. The predicted molar refractivity (Wildman–Crippen MR) is 103 cm³/mol. The summed E-state index contributed by atoms with van der Waals surface area (Å²) in [5, 5.41) is 8.02. The maximum absolute atomic E-state index is 12.2. The number of ether oxygens (including phenoxy) is 1. The summed E-state index contributed by atoms with van der Waals surface area (Å²) in [6, 6.07) is 13.1. The lowest BCUT2D eigenvalue weighted by Gasteiger charge is -2.09. The van der Waals surface area contributed by atoms with Gasteiger partial charge in [0.05, 0.1) is 18.5 Å². The van der Waals surface area contributed by atoms with Gasteiger partial charge in [-0.15, -0.1) is 11.3 Å². The molecule has 0 aliphatic rings. The average Bonchev–Trinajstić information content (AvgIpc) is 3.03. The summed E-state index contributed by atoms with van der Waals surface area (Å²) in [5.74, 6) is 0.604. The molecule has 0 unspecified atom stereocenters. The van der Waals surface area contributed by atoms with Crippen molar-refractivity contribution in [3.8, 4) is 17.0 Å². The number of urea groups is 1. The number of rotatable bonds is 4. The molecule has 0 saturated carbocycles. The van der Waals surface area contributed by atoms with E-state index in [2.05, 4.69) is 47.7 Å². The van der Waals surface area contributed by atoms with Crippen LogP contribution in [0.25, 0.3) is 11.3 Å². The molecule has 2 amide bonds. The number of aromatic nitrogens is 1. The number of hydrogen-bond donors (Lipinski definition) is 2. The topological polar surface area (TPSA) is 63.2 Å². The van der Waals surface area contributed by atoms with Crippen molar-refractivity contribution in [3.05, 3.63) is 59.0 Å². The number of para-hydroxylation sites is 2. The van der Waals surface area contributed by atoms with Gasteiger partial charge in [-0.05, 0) is 31.5 Å². The number of nitrogens with zero attached hydrogens (tertiary/aromatic N) is 1. The molecule has 0 aliphatic heterocycles. The van der Waals surface area contributed by atoms with Crippen molar-refractivity contribution in [2.75, 3.05) is 17.7 Å². The van der Waals surface area contributed by atoms with Crippen molar-refractivity contribution >= 4 is 28.2 Å². The zero-order valence-corrected chi connectivity index (χ0v) is 15.1. The van der Waals surface area contributed by atoms with Gasteiger partial charge in [0.2, 0.25) is 0 Å². The number of amides is 2. The van der Waals surface area contributed by atoms with Gasteiger partial charge in [0, 0.05) is 10.9 Å². The first-order valence-electron chi connectivity index (χ1n) is 7.81. The molecular weight excluding hydrogens is 334 g/mol. The van der Waals surface area contributed by atoms with Crippen molar-refractivity contribution in [1.29, 1.82) is 0 Å². The minimum atomic E-state index is -0.356. The van der Waals surface area contributed by atoms with Crippen LogP contribution in [-0.2, 0) is 0 Å². The third-order valence-electron chi connectivity index (χ3n) is 3.74. The number of thiazole rings is 1. The molecule has 2 N–H and O–H groups in total. The molecule has 0 bridgehead atoms. The SMILES string of the molecule is COc1ccccc1NC(=O)Nc1nc(-c2ccc(C)cc2C)cs1. The van der Waals surface area contributed by atoms with Crippen LogP contribution in [0.15, 0.2) is 47.8 Å². The van der Waals surface area contributed by atoms with Crippen molar-refractivity contribution in [1.82, 2.24) is 4.98 Å². The number of carbonyl (C=O) groups excluding carboxylic acids is 1. The second-order valence-corrected chi connectivity index (χ2v) is 6.49. The Hall–Kier alpha value is -2.86. The summed E-state index contributed by atoms with van der Waals surface area (Å²) in [7, 11) is 1.56. The number of methoxy groups -OCH3 is 1. The zero-order chi connectivity index (χ0) is 17.8. The molecule has 5 nitrogen and oxygen atoms in total. The normalized spacial score (nSPS) is 10.4. The van der Waals surface area contributed by atoms with Gasteiger partial charge in [0.1, 0.15) is 5.75 Å². The van der Waals surface area contributed by atoms with E-state index < -0.39 is 0 Å². The highest BCUT2D eigenvalue weighted by Gasteiger charge is 2.11. The van der Waals surface area contributed by atoms with E-state index in [9.17, 15) is 4.79 Å². The van der Waals surface area contributed by atoms with Crippen molar-refractivity contribution in [3.63, 3.8) is 0 Å². The van der Waals surface area contributed by atoms with Crippen LogP contribution in [0.2, 0.25) is 0 Å². The van der Waals surface area contributed by atoms with Crippen molar-refractivity contribution in [2.45, 2.75) is 13.8 Å². The molecule has 0 saturated heterocycles. The van der Waals surface area contributed by atoms with Crippen LogP contribution in [0.1, 0.15) is 11.1 Å². The molecule has 0 fully saturated rings. The molecular formula is C19H19N3O2S. The van der Waals surface area contributed by atoms with Crippen molar-refractivity contribution < 1.29 is 9.53 Å². The molecule has 2 aromatic carbocycles. The van der Waals surface area contributed by atoms with Crippen LogP contribution in [-0.4, -0.2) is 18.1 Å². The van der Waals surface area contributed by atoms with Crippen LogP contribution in [0.5, 0.6) is 5.75 Å². The van der Waals surface area contributed by atoms with Gasteiger partial charge in [0.25, 0.3) is 0 Å². The van der Waals surface area contributed by atoms with E-state index in [0.29, 0.717) is 16.6 Å². The second-order valence-electron chi connectivity index (χ2n) is 5.64. The number of aryl methyl sites for hydroxylation is 2. The van der Waals surface area contributed by atoms with Gasteiger partial charge >= 0.3 is 6.03 Å². The average molecular weight is 353 g/mol. The summed E-state index contributed by atoms with van der Waals surface area (Å²) >= 11 is 1.39. The summed E-state index contributed by atoms with van der Waals surface area (Å²) < 4.78 is 5.23. The standard InChI is InChI=1S/C19H19N3O2S/c1-12-8-9-14(13(2)10-12)16-11-25-19(21-16)22-18(23)20-15-6-4-5-7-17(15)24-3/h4-11H,1-3H3,(H2,20,21,22,23). The van der Waals surface area contributed by atoms with Crippen LogP contribution in [0.3, 0.4) is 0 Å². The van der Waals surface area contributed by atoms with E-state index in [1.807, 2.05) is 17.5 Å². The third-order valence-corrected chi connectivity index (χ3v) is 4.50. The van der Waals surface area contributed by atoms with E-state index in [0.717, 1.165) is 16.8 Å². The van der Waals surface area contributed by atoms with Crippen LogP contribution in [0.4, 0.5) is 15.6 Å². The molecule has 0 spiro atoms. The van der Waals surface area contributed by atoms with Gasteiger partial charge in [-0.3, -0.25) is 5.32 Å². The first-order chi connectivity index (χ1) is 12.1. The van der Waals surface area contributed by atoms with Crippen molar-refractivity contribution in [2.24, 2.45) is 0 Å². The lowest BCUT2D eigenvalue weighted by atomic mass is 10.0. The highest BCUT2D eigenvalue weighted by molar-refractivity contribution is 7.14. The van der Waals surface area contributed by atoms with Crippen LogP contribution < -0.4 is 15.4 Å². The Kier molecular flexibility index (Phi) is 5.00. The monoisotopic (exact) mass is 353 g/mol. The number of benzene rings is 2. The summed E-state index contributed by atoms with van der Waals surface area (Å²) in [6.07, 6.45) is 0. The number of anilines is 2. The van der Waals surface area contributed by atoms with E-state index in [-0.39, 0.29) is 6.03 Å². The molecule has 6 heteroatoms. The molecule has 128 valence electrons. The molecule has 0 atom stereocenters. The lowest BCUT2D eigenvalue weighted by molar-refractivity contribution is 0.262. The molecule has 25 heavy (non-hydrogen) atoms.